The standard InChI is InChI=1S/C11H20ClNO6/c12-19-10-8-17-6-3-13-11(15)18-9-7-16-5-2-1-4-14/h1-2,14H,3-10H2,(H,13,15)/b2-1+. The Morgan fingerprint density at radius 3 is 2.63 bits per heavy atom. The van der Waals surface area contributed by atoms with Gasteiger partial charge in [-0.15, -0.1) is 0 Å². The fraction of sp³-hybridized carbons (Fsp3) is 0.727. The first kappa shape index (κ1) is 18.1. The second-order valence-corrected chi connectivity index (χ2v) is 3.44. The smallest absolute Gasteiger partial charge is 0.407 e. The Hall–Kier alpha value is -0.860. The Morgan fingerprint density at radius 1 is 1.11 bits per heavy atom. The number of alkyl carbamates (subject to hydrolysis) is 1. The summed E-state index contributed by atoms with van der Waals surface area (Å²) in [6, 6.07) is 0. The normalized spacial score (nSPS) is 10.8. The third-order valence-corrected chi connectivity index (χ3v) is 1.92. The number of ether oxygens (including phenoxy) is 3. The van der Waals surface area contributed by atoms with E-state index >= 15 is 0 Å². The van der Waals surface area contributed by atoms with Gasteiger partial charge in [0.2, 0.25) is 0 Å². The molecule has 0 saturated heterocycles. The minimum Gasteiger partial charge on any atom is -0.447 e. The maximum atomic E-state index is 11.1. The highest BCUT2D eigenvalue weighted by Gasteiger charge is 2.00. The number of hydrogen-bond acceptors (Lipinski definition) is 6. The van der Waals surface area contributed by atoms with E-state index in [1.165, 1.54) is 0 Å². The third kappa shape index (κ3) is 15.1. The van der Waals surface area contributed by atoms with E-state index in [0.29, 0.717) is 39.6 Å². The van der Waals surface area contributed by atoms with Gasteiger partial charge in [0.1, 0.15) is 6.61 Å². The highest BCUT2D eigenvalue weighted by molar-refractivity contribution is 6.07. The molecule has 0 aromatic heterocycles. The van der Waals surface area contributed by atoms with E-state index < -0.39 is 6.09 Å². The van der Waals surface area contributed by atoms with Gasteiger partial charge in [-0.25, -0.2) is 4.79 Å². The van der Waals surface area contributed by atoms with Gasteiger partial charge in [0, 0.05) is 6.54 Å². The maximum absolute atomic E-state index is 11.1. The van der Waals surface area contributed by atoms with Crippen LogP contribution in [0.4, 0.5) is 4.79 Å². The summed E-state index contributed by atoms with van der Waals surface area (Å²) in [4.78, 5) is 11.1. The van der Waals surface area contributed by atoms with E-state index in [-0.39, 0.29) is 13.2 Å². The van der Waals surface area contributed by atoms with Crippen molar-refractivity contribution in [3.8, 4) is 0 Å². The molecule has 0 radical (unpaired) electrons. The average molecular weight is 298 g/mol. The van der Waals surface area contributed by atoms with Crippen LogP contribution in [0, 0.1) is 0 Å². The molecule has 0 heterocycles. The van der Waals surface area contributed by atoms with Gasteiger partial charge >= 0.3 is 6.09 Å². The highest BCUT2D eigenvalue weighted by atomic mass is 35.5. The van der Waals surface area contributed by atoms with Crippen LogP contribution in [0.3, 0.4) is 0 Å². The minimum absolute atomic E-state index is 0.0125. The summed E-state index contributed by atoms with van der Waals surface area (Å²) >= 11 is 4.98. The summed E-state index contributed by atoms with van der Waals surface area (Å²) in [5.41, 5.74) is 0. The van der Waals surface area contributed by atoms with Crippen molar-refractivity contribution in [2.24, 2.45) is 0 Å². The first-order chi connectivity index (χ1) is 9.31. The first-order valence-electron chi connectivity index (χ1n) is 5.86. The molecule has 0 aliphatic carbocycles. The molecule has 0 rings (SSSR count). The van der Waals surface area contributed by atoms with Crippen molar-refractivity contribution in [3.05, 3.63) is 12.2 Å². The van der Waals surface area contributed by atoms with Crippen LogP contribution < -0.4 is 5.32 Å². The van der Waals surface area contributed by atoms with Crippen molar-refractivity contribution in [3.63, 3.8) is 0 Å². The Labute approximate surface area is 117 Å². The van der Waals surface area contributed by atoms with Gasteiger partial charge < -0.3 is 24.6 Å². The molecule has 7 nitrogen and oxygen atoms in total. The molecule has 112 valence electrons. The van der Waals surface area contributed by atoms with Gasteiger partial charge in [0.05, 0.1) is 51.5 Å². The van der Waals surface area contributed by atoms with E-state index in [4.69, 9.17) is 31.2 Å². The molecule has 0 atom stereocenters. The van der Waals surface area contributed by atoms with Crippen LogP contribution in [0.1, 0.15) is 0 Å². The van der Waals surface area contributed by atoms with Gasteiger partial charge in [-0.2, -0.15) is 0 Å². The van der Waals surface area contributed by atoms with Crippen molar-refractivity contribution in [2.75, 3.05) is 52.8 Å². The van der Waals surface area contributed by atoms with Gasteiger partial charge in [-0.1, -0.05) is 12.2 Å². The number of aliphatic hydroxyl groups excluding tert-OH is 1. The predicted octanol–water partition coefficient (Wildman–Crippen LogP) is 0.465. The second-order valence-electron chi connectivity index (χ2n) is 3.22. The summed E-state index contributed by atoms with van der Waals surface area (Å²) < 4.78 is 19.3. The monoisotopic (exact) mass is 297 g/mol. The van der Waals surface area contributed by atoms with Gasteiger partial charge in [-0.05, 0) is 0 Å². The summed E-state index contributed by atoms with van der Waals surface area (Å²) in [6.45, 7) is 2.21. The SMILES string of the molecule is O=C(NCCOCCOCl)OCCOC/C=C/CO. The van der Waals surface area contributed by atoms with Crippen LogP contribution >= 0.6 is 11.9 Å². The van der Waals surface area contributed by atoms with Crippen molar-refractivity contribution >= 4 is 18.0 Å². The lowest BCUT2D eigenvalue weighted by Crippen LogP contribution is -2.29. The zero-order valence-electron chi connectivity index (χ0n) is 10.7. The lowest BCUT2D eigenvalue weighted by Gasteiger charge is -2.07. The Bertz CT molecular complexity index is 239. The number of rotatable bonds is 12. The Morgan fingerprint density at radius 2 is 1.89 bits per heavy atom. The predicted molar refractivity (Wildman–Crippen MR) is 69.0 cm³/mol. The summed E-state index contributed by atoms with van der Waals surface area (Å²) in [6.07, 6.45) is 2.73. The minimum atomic E-state index is -0.522. The molecule has 0 aromatic carbocycles. The van der Waals surface area contributed by atoms with Crippen LogP contribution in [0.2, 0.25) is 0 Å². The maximum Gasteiger partial charge on any atom is 0.407 e. The molecule has 0 aliphatic heterocycles. The van der Waals surface area contributed by atoms with Crippen molar-refractivity contribution in [1.82, 2.24) is 5.32 Å². The molecule has 0 aliphatic rings. The fourth-order valence-electron chi connectivity index (χ4n) is 0.956. The molecule has 8 heteroatoms. The number of carbonyl (C=O) groups is 1. The third-order valence-electron chi connectivity index (χ3n) is 1.77. The molecule has 0 fully saturated rings. The zero-order valence-corrected chi connectivity index (χ0v) is 11.4. The Balaban J connectivity index is 3.19. The lowest BCUT2D eigenvalue weighted by atomic mass is 10.5. The highest BCUT2D eigenvalue weighted by Crippen LogP contribution is 1.83. The van der Waals surface area contributed by atoms with Crippen molar-refractivity contribution in [1.29, 1.82) is 0 Å². The van der Waals surface area contributed by atoms with Crippen LogP contribution in [-0.2, 0) is 18.5 Å². The largest absolute Gasteiger partial charge is 0.447 e. The van der Waals surface area contributed by atoms with Crippen LogP contribution in [0.15, 0.2) is 12.2 Å². The van der Waals surface area contributed by atoms with Crippen LogP contribution in [0.5, 0.6) is 0 Å². The molecular formula is C11H20ClNO6. The van der Waals surface area contributed by atoms with E-state index in [2.05, 4.69) is 9.61 Å². The summed E-state index contributed by atoms with van der Waals surface area (Å²) in [7, 11) is 0. The number of nitrogens with one attached hydrogen (secondary N) is 1. The van der Waals surface area contributed by atoms with Crippen molar-refractivity contribution in [2.45, 2.75) is 0 Å². The van der Waals surface area contributed by atoms with E-state index in [1.807, 2.05) is 0 Å². The van der Waals surface area contributed by atoms with Gasteiger partial charge in [0.15, 0.2) is 0 Å². The summed E-state index contributed by atoms with van der Waals surface area (Å²) in [5.74, 6) is 0. The molecule has 2 N–H and O–H groups in total. The van der Waals surface area contributed by atoms with Crippen LogP contribution in [0.25, 0.3) is 0 Å². The van der Waals surface area contributed by atoms with E-state index in [9.17, 15) is 4.79 Å². The molecule has 1 amide bonds. The molecule has 0 aromatic rings. The number of halogens is 1. The zero-order chi connectivity index (χ0) is 14.2. The molecule has 0 spiro atoms. The average Bonchev–Trinajstić information content (AvgIpc) is 2.41. The second kappa shape index (κ2) is 15.2. The number of aliphatic hydroxyl groups is 1. The van der Waals surface area contributed by atoms with Crippen molar-refractivity contribution < 1.29 is 28.4 Å². The fourth-order valence-corrected chi connectivity index (χ4v) is 1.02. The molecular weight excluding hydrogens is 278 g/mol. The quantitative estimate of drug-likeness (QED) is 0.402. The van der Waals surface area contributed by atoms with Gasteiger partial charge in [0.25, 0.3) is 0 Å². The van der Waals surface area contributed by atoms with Gasteiger partial charge in [-0.3, -0.25) is 4.29 Å². The topological polar surface area (TPSA) is 86.3 Å². The number of hydrogen-bond donors (Lipinski definition) is 2. The van der Waals surface area contributed by atoms with E-state index in [1.54, 1.807) is 12.2 Å². The van der Waals surface area contributed by atoms with Crippen LogP contribution in [-0.4, -0.2) is 64.0 Å². The first-order valence-corrected chi connectivity index (χ1v) is 6.17. The number of carbonyl (C=O) groups excluding carboxylic acids is 1. The Kier molecular flexibility index (Phi) is 14.5. The van der Waals surface area contributed by atoms with E-state index in [0.717, 1.165) is 0 Å². The molecule has 0 bridgehead atoms. The molecule has 0 saturated carbocycles. The number of amides is 1. The lowest BCUT2D eigenvalue weighted by molar-refractivity contribution is 0.0794. The molecule has 19 heavy (non-hydrogen) atoms. The summed E-state index contributed by atoms with van der Waals surface area (Å²) in [5, 5.41) is 11.0. The molecule has 0 unspecified atom stereocenters.